The summed E-state index contributed by atoms with van der Waals surface area (Å²) < 4.78 is 3.53. The molecular formula is C39H29BrN2. The number of nitrogens with zero attached hydrogens (tertiary/aromatic N) is 2. The topological polar surface area (TPSA) is 8.17 Å². The van der Waals surface area contributed by atoms with Gasteiger partial charge >= 0.3 is 0 Å². The van der Waals surface area contributed by atoms with E-state index in [0.29, 0.717) is 0 Å². The standard InChI is InChI=1S/C39H29BrN2/c1-39(2)33-24-28(41(26-12-5-3-6-13-26)27-14-7-4-8-15-27)20-22-30(33)31-23-21-29(25-34(31)39)42-36-18-10-9-16-32(36)38-35(40)17-11-19-37(38)42/h3-25H,1-2H3. The van der Waals surface area contributed by atoms with Crippen LogP contribution < -0.4 is 4.90 Å². The maximum Gasteiger partial charge on any atom is 0.0552 e. The molecule has 8 rings (SSSR count). The Hall–Kier alpha value is -4.60. The van der Waals surface area contributed by atoms with Gasteiger partial charge in [0.05, 0.1) is 11.0 Å². The van der Waals surface area contributed by atoms with Crippen molar-refractivity contribution < 1.29 is 0 Å². The first-order valence-corrected chi connectivity index (χ1v) is 15.2. The normalized spacial score (nSPS) is 13.3. The van der Waals surface area contributed by atoms with Crippen molar-refractivity contribution in [2.45, 2.75) is 19.3 Å². The number of fused-ring (bicyclic) bond motifs is 6. The Morgan fingerprint density at radius 3 is 1.86 bits per heavy atom. The molecule has 0 fully saturated rings. The van der Waals surface area contributed by atoms with E-state index < -0.39 is 0 Å². The molecule has 1 heterocycles. The van der Waals surface area contributed by atoms with E-state index in [2.05, 4.69) is 179 Å². The molecule has 0 unspecified atom stereocenters. The molecule has 1 aliphatic carbocycles. The van der Waals surface area contributed by atoms with Gasteiger partial charge in [-0.1, -0.05) is 103 Å². The van der Waals surface area contributed by atoms with E-state index in [0.717, 1.165) is 15.8 Å². The number of hydrogen-bond donors (Lipinski definition) is 0. The first-order valence-electron chi connectivity index (χ1n) is 14.4. The van der Waals surface area contributed by atoms with Gasteiger partial charge in [-0.15, -0.1) is 0 Å². The van der Waals surface area contributed by atoms with E-state index in [-0.39, 0.29) is 5.41 Å². The van der Waals surface area contributed by atoms with Crippen molar-refractivity contribution in [2.75, 3.05) is 4.90 Å². The number of hydrogen-bond acceptors (Lipinski definition) is 1. The number of rotatable bonds is 4. The van der Waals surface area contributed by atoms with E-state index in [1.165, 1.54) is 55.4 Å². The van der Waals surface area contributed by atoms with Crippen molar-refractivity contribution in [1.82, 2.24) is 4.57 Å². The third-order valence-electron chi connectivity index (χ3n) is 8.84. The number of halogens is 1. The SMILES string of the molecule is CC1(C)c2cc(N(c3ccccc3)c3ccccc3)ccc2-c2ccc(-n3c4ccccc4c4c(Br)cccc43)cc21. The molecule has 1 aromatic heterocycles. The molecule has 202 valence electrons. The van der Waals surface area contributed by atoms with Crippen LogP contribution in [0.1, 0.15) is 25.0 Å². The van der Waals surface area contributed by atoms with Crippen molar-refractivity contribution in [3.63, 3.8) is 0 Å². The second-order valence-electron chi connectivity index (χ2n) is 11.6. The number of para-hydroxylation sites is 3. The minimum Gasteiger partial charge on any atom is -0.310 e. The summed E-state index contributed by atoms with van der Waals surface area (Å²) in [5.74, 6) is 0. The van der Waals surface area contributed by atoms with Crippen molar-refractivity contribution in [1.29, 1.82) is 0 Å². The zero-order valence-corrected chi connectivity index (χ0v) is 25.1. The van der Waals surface area contributed by atoms with E-state index in [1.807, 2.05) is 0 Å². The predicted molar refractivity (Wildman–Crippen MR) is 181 cm³/mol. The molecule has 0 radical (unpaired) electrons. The van der Waals surface area contributed by atoms with Crippen LogP contribution in [0, 0.1) is 0 Å². The molecule has 0 amide bonds. The lowest BCUT2D eigenvalue weighted by Gasteiger charge is -2.28. The Labute approximate surface area is 254 Å². The molecule has 7 aromatic rings. The quantitative estimate of drug-likeness (QED) is 0.194. The van der Waals surface area contributed by atoms with Gasteiger partial charge in [0.1, 0.15) is 0 Å². The van der Waals surface area contributed by atoms with Crippen LogP contribution in [0.15, 0.2) is 144 Å². The molecule has 0 N–H and O–H groups in total. The number of aromatic nitrogens is 1. The molecular weight excluding hydrogens is 576 g/mol. The summed E-state index contributed by atoms with van der Waals surface area (Å²) in [7, 11) is 0. The average molecular weight is 606 g/mol. The Bertz CT molecular complexity index is 2080. The van der Waals surface area contributed by atoms with E-state index >= 15 is 0 Å². The average Bonchev–Trinajstić information content (AvgIpc) is 3.48. The van der Waals surface area contributed by atoms with Gasteiger partial charge in [0.15, 0.2) is 0 Å². The summed E-state index contributed by atoms with van der Waals surface area (Å²) in [6.07, 6.45) is 0. The molecule has 0 aliphatic heterocycles. The minimum absolute atomic E-state index is 0.158. The van der Waals surface area contributed by atoms with Crippen LogP contribution >= 0.6 is 15.9 Å². The molecule has 0 spiro atoms. The highest BCUT2D eigenvalue weighted by molar-refractivity contribution is 9.10. The maximum atomic E-state index is 3.83. The number of anilines is 3. The third kappa shape index (κ3) is 3.70. The van der Waals surface area contributed by atoms with Gasteiger partial charge in [-0.25, -0.2) is 0 Å². The zero-order chi connectivity index (χ0) is 28.4. The van der Waals surface area contributed by atoms with Gasteiger partial charge in [0.2, 0.25) is 0 Å². The van der Waals surface area contributed by atoms with Crippen LogP contribution in [0.3, 0.4) is 0 Å². The Kier molecular flexibility index (Phi) is 5.67. The van der Waals surface area contributed by atoms with Crippen LogP contribution in [-0.4, -0.2) is 4.57 Å². The zero-order valence-electron chi connectivity index (χ0n) is 23.6. The fourth-order valence-corrected chi connectivity index (χ4v) is 7.42. The van der Waals surface area contributed by atoms with Gasteiger partial charge in [-0.3, -0.25) is 0 Å². The summed E-state index contributed by atoms with van der Waals surface area (Å²) in [4.78, 5) is 2.35. The summed E-state index contributed by atoms with van der Waals surface area (Å²) >= 11 is 3.83. The summed E-state index contributed by atoms with van der Waals surface area (Å²) in [6.45, 7) is 4.73. The predicted octanol–water partition coefficient (Wildman–Crippen LogP) is 11.3. The van der Waals surface area contributed by atoms with Gasteiger partial charge in [0.25, 0.3) is 0 Å². The molecule has 0 atom stereocenters. The van der Waals surface area contributed by atoms with Crippen molar-refractivity contribution in [3.8, 4) is 16.8 Å². The lowest BCUT2D eigenvalue weighted by Crippen LogP contribution is -2.17. The highest BCUT2D eigenvalue weighted by Gasteiger charge is 2.36. The lowest BCUT2D eigenvalue weighted by atomic mass is 9.82. The second-order valence-corrected chi connectivity index (χ2v) is 12.4. The van der Waals surface area contributed by atoms with Gasteiger partial charge < -0.3 is 9.47 Å². The molecule has 6 aromatic carbocycles. The van der Waals surface area contributed by atoms with Crippen LogP contribution in [0.5, 0.6) is 0 Å². The fourth-order valence-electron chi connectivity index (χ4n) is 6.85. The first-order chi connectivity index (χ1) is 20.5. The lowest BCUT2D eigenvalue weighted by molar-refractivity contribution is 0.660. The smallest absolute Gasteiger partial charge is 0.0552 e. The summed E-state index contributed by atoms with van der Waals surface area (Å²) in [5.41, 5.74) is 12.3. The minimum atomic E-state index is -0.158. The van der Waals surface area contributed by atoms with E-state index in [9.17, 15) is 0 Å². The van der Waals surface area contributed by atoms with Crippen LogP contribution in [-0.2, 0) is 5.41 Å². The molecule has 3 heteroatoms. The van der Waals surface area contributed by atoms with Crippen LogP contribution in [0.2, 0.25) is 0 Å². The van der Waals surface area contributed by atoms with Gasteiger partial charge in [0, 0.05) is 43.4 Å². The molecule has 2 nitrogen and oxygen atoms in total. The third-order valence-corrected chi connectivity index (χ3v) is 9.50. The van der Waals surface area contributed by atoms with Crippen LogP contribution in [0.4, 0.5) is 17.1 Å². The highest BCUT2D eigenvalue weighted by atomic mass is 79.9. The Balaban J connectivity index is 1.29. The van der Waals surface area contributed by atoms with Crippen molar-refractivity contribution in [2.24, 2.45) is 0 Å². The summed E-state index contributed by atoms with van der Waals surface area (Å²) in [5, 5.41) is 2.51. The fraction of sp³-hybridized carbons (Fsp3) is 0.0769. The molecule has 1 aliphatic rings. The first kappa shape index (κ1) is 25.1. The van der Waals surface area contributed by atoms with Gasteiger partial charge in [-0.2, -0.15) is 0 Å². The largest absolute Gasteiger partial charge is 0.310 e. The van der Waals surface area contributed by atoms with E-state index in [1.54, 1.807) is 0 Å². The Morgan fingerprint density at radius 2 is 1.14 bits per heavy atom. The molecule has 42 heavy (non-hydrogen) atoms. The van der Waals surface area contributed by atoms with Crippen LogP contribution in [0.25, 0.3) is 38.6 Å². The Morgan fingerprint density at radius 1 is 0.548 bits per heavy atom. The molecule has 0 bridgehead atoms. The van der Waals surface area contributed by atoms with E-state index in [4.69, 9.17) is 0 Å². The van der Waals surface area contributed by atoms with Gasteiger partial charge in [-0.05, 0) is 89.0 Å². The number of benzene rings is 6. The second kappa shape index (κ2) is 9.47. The molecule has 0 saturated heterocycles. The maximum absolute atomic E-state index is 3.83. The monoisotopic (exact) mass is 604 g/mol. The summed E-state index contributed by atoms with van der Waals surface area (Å²) in [6, 6.07) is 50.4. The highest BCUT2D eigenvalue weighted by Crippen LogP contribution is 2.51. The van der Waals surface area contributed by atoms with Crippen molar-refractivity contribution in [3.05, 3.63) is 155 Å². The van der Waals surface area contributed by atoms with Crippen molar-refractivity contribution >= 4 is 54.8 Å². The molecule has 0 saturated carbocycles.